The van der Waals surface area contributed by atoms with Crippen molar-refractivity contribution in [3.8, 4) is 0 Å². The Labute approximate surface area is 128 Å². The lowest BCUT2D eigenvalue weighted by Crippen LogP contribution is -2.31. The molecule has 112 valence electrons. The molecule has 2 aromatic carbocycles. The van der Waals surface area contributed by atoms with Crippen LogP contribution < -0.4 is 5.73 Å². The lowest BCUT2D eigenvalue weighted by atomic mass is 10.0. The average molecular weight is 311 g/mol. The molecule has 0 aromatic heterocycles. The third-order valence-corrected chi connectivity index (χ3v) is 3.83. The molecule has 2 rings (SSSR count). The molecule has 0 heterocycles. The SMILES string of the molecule is CN(Cc1ccccc1Cl)C(CN)c1c(F)cccc1F. The summed E-state index contributed by atoms with van der Waals surface area (Å²) in [7, 11) is 1.77. The Morgan fingerprint density at radius 2 is 1.71 bits per heavy atom. The summed E-state index contributed by atoms with van der Waals surface area (Å²) >= 11 is 6.12. The number of hydrogen-bond acceptors (Lipinski definition) is 2. The minimum atomic E-state index is -0.587. The van der Waals surface area contributed by atoms with Crippen molar-refractivity contribution in [2.75, 3.05) is 13.6 Å². The van der Waals surface area contributed by atoms with E-state index in [4.69, 9.17) is 17.3 Å². The third kappa shape index (κ3) is 3.59. The summed E-state index contributed by atoms with van der Waals surface area (Å²) in [4.78, 5) is 1.79. The first-order valence-electron chi connectivity index (χ1n) is 6.62. The number of benzene rings is 2. The van der Waals surface area contributed by atoms with Gasteiger partial charge in [0.15, 0.2) is 0 Å². The van der Waals surface area contributed by atoms with Gasteiger partial charge in [0, 0.05) is 23.7 Å². The lowest BCUT2D eigenvalue weighted by molar-refractivity contribution is 0.231. The van der Waals surface area contributed by atoms with Crippen molar-refractivity contribution in [1.29, 1.82) is 0 Å². The summed E-state index contributed by atoms with van der Waals surface area (Å²) in [6.45, 7) is 0.564. The molecule has 1 atom stereocenters. The predicted molar refractivity (Wildman–Crippen MR) is 81.1 cm³/mol. The molecule has 0 bridgehead atoms. The molecule has 0 saturated carbocycles. The highest BCUT2D eigenvalue weighted by molar-refractivity contribution is 6.31. The molecule has 21 heavy (non-hydrogen) atoms. The first-order valence-corrected chi connectivity index (χ1v) is 7.00. The van der Waals surface area contributed by atoms with Gasteiger partial charge in [0.25, 0.3) is 0 Å². The van der Waals surface area contributed by atoms with E-state index in [1.54, 1.807) is 18.0 Å². The molecule has 0 amide bonds. The van der Waals surface area contributed by atoms with Crippen LogP contribution in [0.5, 0.6) is 0 Å². The topological polar surface area (TPSA) is 29.3 Å². The van der Waals surface area contributed by atoms with Crippen molar-refractivity contribution in [2.24, 2.45) is 5.73 Å². The molecule has 0 aliphatic rings. The molecule has 2 N–H and O–H groups in total. The standard InChI is InChI=1S/C16H17ClF2N2/c1-21(10-11-5-2-3-6-12(11)17)15(9-20)16-13(18)7-4-8-14(16)19/h2-8,15H,9-10,20H2,1H3. The Bertz CT molecular complexity index is 599. The minimum Gasteiger partial charge on any atom is -0.329 e. The lowest BCUT2D eigenvalue weighted by Gasteiger charge is -2.28. The maximum Gasteiger partial charge on any atom is 0.130 e. The summed E-state index contributed by atoms with van der Waals surface area (Å²) in [5.41, 5.74) is 6.61. The van der Waals surface area contributed by atoms with Gasteiger partial charge in [-0.1, -0.05) is 35.9 Å². The largest absolute Gasteiger partial charge is 0.329 e. The zero-order valence-corrected chi connectivity index (χ0v) is 12.4. The fourth-order valence-electron chi connectivity index (χ4n) is 2.35. The zero-order chi connectivity index (χ0) is 15.4. The van der Waals surface area contributed by atoms with Gasteiger partial charge in [0.2, 0.25) is 0 Å². The van der Waals surface area contributed by atoms with Crippen LogP contribution in [0.25, 0.3) is 0 Å². The van der Waals surface area contributed by atoms with E-state index >= 15 is 0 Å². The van der Waals surface area contributed by atoms with Crippen molar-refractivity contribution >= 4 is 11.6 Å². The number of halogens is 3. The second-order valence-corrected chi connectivity index (χ2v) is 5.30. The van der Waals surface area contributed by atoms with Crippen molar-refractivity contribution < 1.29 is 8.78 Å². The minimum absolute atomic E-state index is 0.00504. The molecular formula is C16H17ClF2N2. The molecule has 2 aromatic rings. The number of nitrogens with zero attached hydrogens (tertiary/aromatic N) is 1. The number of rotatable bonds is 5. The monoisotopic (exact) mass is 310 g/mol. The van der Waals surface area contributed by atoms with Gasteiger partial charge in [0.05, 0.1) is 6.04 Å². The van der Waals surface area contributed by atoms with Crippen molar-refractivity contribution in [2.45, 2.75) is 12.6 Å². The van der Waals surface area contributed by atoms with Crippen LogP contribution in [-0.4, -0.2) is 18.5 Å². The van der Waals surface area contributed by atoms with Gasteiger partial charge in [-0.15, -0.1) is 0 Å². The Hall–Kier alpha value is -1.49. The van der Waals surface area contributed by atoms with Gasteiger partial charge in [-0.25, -0.2) is 8.78 Å². The van der Waals surface area contributed by atoms with Crippen LogP contribution in [0.1, 0.15) is 17.2 Å². The van der Waals surface area contributed by atoms with Crippen molar-refractivity contribution in [1.82, 2.24) is 4.90 Å². The van der Waals surface area contributed by atoms with Crippen LogP contribution in [0.15, 0.2) is 42.5 Å². The molecule has 0 saturated heterocycles. The highest BCUT2D eigenvalue weighted by Gasteiger charge is 2.23. The average Bonchev–Trinajstić information content (AvgIpc) is 2.45. The van der Waals surface area contributed by atoms with E-state index in [1.165, 1.54) is 18.2 Å². The van der Waals surface area contributed by atoms with Gasteiger partial charge < -0.3 is 5.73 Å². The van der Waals surface area contributed by atoms with E-state index < -0.39 is 17.7 Å². The Balaban J connectivity index is 2.27. The van der Waals surface area contributed by atoms with Gasteiger partial charge in [-0.2, -0.15) is 0 Å². The van der Waals surface area contributed by atoms with E-state index in [0.29, 0.717) is 11.6 Å². The summed E-state index contributed by atoms with van der Waals surface area (Å²) in [6, 6.07) is 10.6. The van der Waals surface area contributed by atoms with Crippen molar-refractivity contribution in [3.05, 3.63) is 70.2 Å². The van der Waals surface area contributed by atoms with Gasteiger partial charge in [-0.05, 0) is 30.8 Å². The highest BCUT2D eigenvalue weighted by atomic mass is 35.5. The van der Waals surface area contributed by atoms with E-state index in [2.05, 4.69) is 0 Å². The van der Waals surface area contributed by atoms with Crippen LogP contribution >= 0.6 is 11.6 Å². The van der Waals surface area contributed by atoms with Crippen LogP contribution in [0, 0.1) is 11.6 Å². The van der Waals surface area contributed by atoms with Crippen LogP contribution in [-0.2, 0) is 6.54 Å². The molecule has 2 nitrogen and oxygen atoms in total. The fourth-order valence-corrected chi connectivity index (χ4v) is 2.55. The van der Waals surface area contributed by atoms with Crippen molar-refractivity contribution in [3.63, 3.8) is 0 Å². The normalized spacial score (nSPS) is 12.7. The fraction of sp³-hybridized carbons (Fsp3) is 0.250. The quantitative estimate of drug-likeness (QED) is 0.911. The van der Waals surface area contributed by atoms with Crippen LogP contribution in [0.3, 0.4) is 0 Å². The number of nitrogens with two attached hydrogens (primary N) is 1. The van der Waals surface area contributed by atoms with Crippen LogP contribution in [0.2, 0.25) is 5.02 Å². The molecule has 0 fully saturated rings. The molecular weight excluding hydrogens is 294 g/mol. The van der Waals surface area contributed by atoms with Gasteiger partial charge >= 0.3 is 0 Å². The van der Waals surface area contributed by atoms with E-state index in [1.807, 2.05) is 18.2 Å². The Kier molecular flexibility index (Phi) is 5.28. The predicted octanol–water partition coefficient (Wildman–Crippen LogP) is 3.75. The summed E-state index contributed by atoms with van der Waals surface area (Å²) in [5.74, 6) is -1.17. The smallest absolute Gasteiger partial charge is 0.130 e. The maximum atomic E-state index is 13.9. The second kappa shape index (κ2) is 6.98. The number of hydrogen-bond donors (Lipinski definition) is 1. The summed E-state index contributed by atoms with van der Waals surface area (Å²) in [5, 5.41) is 0.620. The van der Waals surface area contributed by atoms with E-state index in [9.17, 15) is 8.78 Å². The van der Waals surface area contributed by atoms with E-state index in [0.717, 1.165) is 5.56 Å². The Morgan fingerprint density at radius 3 is 2.29 bits per heavy atom. The van der Waals surface area contributed by atoms with Crippen LogP contribution in [0.4, 0.5) is 8.78 Å². The maximum absolute atomic E-state index is 13.9. The molecule has 0 radical (unpaired) electrons. The zero-order valence-electron chi connectivity index (χ0n) is 11.7. The molecule has 0 spiro atoms. The number of likely N-dealkylation sites (N-methyl/N-ethyl adjacent to an activating group) is 1. The molecule has 0 aliphatic heterocycles. The summed E-state index contributed by atoms with van der Waals surface area (Å²) in [6.07, 6.45) is 0. The Morgan fingerprint density at radius 1 is 1.10 bits per heavy atom. The third-order valence-electron chi connectivity index (χ3n) is 3.47. The molecule has 1 unspecified atom stereocenters. The highest BCUT2D eigenvalue weighted by Crippen LogP contribution is 2.27. The van der Waals surface area contributed by atoms with E-state index in [-0.39, 0.29) is 12.1 Å². The van der Waals surface area contributed by atoms with Gasteiger partial charge in [0.1, 0.15) is 11.6 Å². The second-order valence-electron chi connectivity index (χ2n) is 4.89. The summed E-state index contributed by atoms with van der Waals surface area (Å²) < 4.78 is 27.8. The molecule has 0 aliphatic carbocycles. The first-order chi connectivity index (χ1) is 10.0. The first kappa shape index (κ1) is 15.9. The molecule has 5 heteroatoms. The van der Waals surface area contributed by atoms with Gasteiger partial charge in [-0.3, -0.25) is 4.90 Å².